The molecule has 0 aromatic heterocycles. The lowest BCUT2D eigenvalue weighted by atomic mass is 10.1. The molecule has 1 saturated heterocycles. The topological polar surface area (TPSA) is 92.5 Å². The van der Waals surface area contributed by atoms with Crippen LogP contribution in [0.3, 0.4) is 0 Å². The van der Waals surface area contributed by atoms with Gasteiger partial charge in [-0.2, -0.15) is 0 Å². The van der Waals surface area contributed by atoms with Gasteiger partial charge in [-0.1, -0.05) is 23.7 Å². The molecule has 0 spiro atoms. The number of rotatable bonds is 4. The van der Waals surface area contributed by atoms with Crippen LogP contribution in [0.15, 0.2) is 48.5 Å². The minimum absolute atomic E-state index is 0.104. The monoisotopic (exact) mass is 357 g/mol. The summed E-state index contributed by atoms with van der Waals surface area (Å²) in [6, 6.07) is 13.4. The highest BCUT2D eigenvalue weighted by Gasteiger charge is 2.35. The molecule has 25 heavy (non-hydrogen) atoms. The summed E-state index contributed by atoms with van der Waals surface area (Å²) >= 11 is 5.86. The van der Waals surface area contributed by atoms with Crippen molar-refractivity contribution in [2.45, 2.75) is 6.42 Å². The maximum atomic E-state index is 12.5. The molecule has 2 aromatic rings. The Balaban J connectivity index is 1.73. The number of primary amides is 1. The zero-order chi connectivity index (χ0) is 18.0. The molecule has 0 aliphatic carbocycles. The number of halogens is 1. The number of nitrogens with zero attached hydrogens (tertiary/aromatic N) is 1. The van der Waals surface area contributed by atoms with E-state index in [1.807, 2.05) is 0 Å². The number of hydrogen-bond donors (Lipinski definition) is 2. The highest BCUT2D eigenvalue weighted by Crippen LogP contribution is 2.27. The zero-order valence-corrected chi connectivity index (χ0v) is 14.0. The average Bonchev–Trinajstić information content (AvgIpc) is 2.98. The molecule has 1 heterocycles. The average molecular weight is 358 g/mol. The number of nitrogens with two attached hydrogens (primary N) is 1. The fourth-order valence-corrected chi connectivity index (χ4v) is 2.92. The Kier molecular flexibility index (Phi) is 4.72. The van der Waals surface area contributed by atoms with Crippen molar-refractivity contribution in [3.8, 4) is 0 Å². The highest BCUT2D eigenvalue weighted by molar-refractivity contribution is 6.30. The molecule has 3 amide bonds. The van der Waals surface area contributed by atoms with Crippen LogP contribution in [-0.4, -0.2) is 24.3 Å². The van der Waals surface area contributed by atoms with E-state index in [-0.39, 0.29) is 30.3 Å². The van der Waals surface area contributed by atoms with Crippen molar-refractivity contribution in [2.75, 3.05) is 16.8 Å². The molecular formula is C18H16ClN3O3. The lowest BCUT2D eigenvalue weighted by Crippen LogP contribution is -2.28. The predicted octanol–water partition coefficient (Wildman–Crippen LogP) is 2.43. The van der Waals surface area contributed by atoms with E-state index >= 15 is 0 Å². The molecule has 0 radical (unpaired) electrons. The number of para-hydroxylation sites is 1. The zero-order valence-electron chi connectivity index (χ0n) is 13.2. The number of carbonyl (C=O) groups is 3. The van der Waals surface area contributed by atoms with E-state index in [1.54, 1.807) is 47.4 Å². The summed E-state index contributed by atoms with van der Waals surface area (Å²) in [5, 5.41) is 3.27. The van der Waals surface area contributed by atoms with Crippen LogP contribution >= 0.6 is 11.6 Å². The molecule has 6 nitrogen and oxygen atoms in total. The number of anilines is 2. The van der Waals surface area contributed by atoms with E-state index in [0.717, 1.165) is 0 Å². The number of benzene rings is 2. The molecule has 1 aliphatic heterocycles. The van der Waals surface area contributed by atoms with Gasteiger partial charge in [0.1, 0.15) is 0 Å². The lowest BCUT2D eigenvalue weighted by molar-refractivity contribution is -0.122. The number of carbonyl (C=O) groups excluding carboxylic acids is 3. The summed E-state index contributed by atoms with van der Waals surface area (Å²) in [6.07, 6.45) is 0.104. The largest absolute Gasteiger partial charge is 0.366 e. The molecule has 3 rings (SSSR count). The summed E-state index contributed by atoms with van der Waals surface area (Å²) < 4.78 is 0. The summed E-state index contributed by atoms with van der Waals surface area (Å²) in [4.78, 5) is 37.7. The third-order valence-electron chi connectivity index (χ3n) is 4.08. The normalized spacial score (nSPS) is 16.8. The van der Waals surface area contributed by atoms with Crippen molar-refractivity contribution in [3.63, 3.8) is 0 Å². The smallest absolute Gasteiger partial charge is 0.250 e. The molecule has 1 atom stereocenters. The number of nitrogens with one attached hydrogen (secondary N) is 1. The summed E-state index contributed by atoms with van der Waals surface area (Å²) in [5.41, 5.74) is 6.59. The van der Waals surface area contributed by atoms with Gasteiger partial charge in [-0.15, -0.1) is 0 Å². The first-order valence-electron chi connectivity index (χ1n) is 7.71. The molecule has 128 valence electrons. The summed E-state index contributed by atoms with van der Waals surface area (Å²) in [5.74, 6) is -1.59. The van der Waals surface area contributed by atoms with Gasteiger partial charge in [-0.25, -0.2) is 0 Å². The maximum absolute atomic E-state index is 12.5. The molecule has 1 fully saturated rings. The van der Waals surface area contributed by atoms with Gasteiger partial charge in [0.2, 0.25) is 11.8 Å². The van der Waals surface area contributed by atoms with Crippen LogP contribution in [0, 0.1) is 5.92 Å². The van der Waals surface area contributed by atoms with Gasteiger partial charge in [0, 0.05) is 23.7 Å². The standard InChI is InChI=1S/C18H16ClN3O3/c19-12-5-7-13(8-6-12)22-10-11(9-16(22)23)18(25)21-15-4-2-1-3-14(15)17(20)24/h1-8,11H,9-10H2,(H2,20,24)(H,21,25)/t11-/m1/s1. The van der Waals surface area contributed by atoms with E-state index in [2.05, 4.69) is 5.32 Å². The highest BCUT2D eigenvalue weighted by atomic mass is 35.5. The Morgan fingerprint density at radius 2 is 1.80 bits per heavy atom. The SMILES string of the molecule is NC(=O)c1ccccc1NC(=O)[C@@H]1CC(=O)N(c2ccc(Cl)cc2)C1. The fraction of sp³-hybridized carbons (Fsp3) is 0.167. The van der Waals surface area contributed by atoms with Gasteiger partial charge in [-0.05, 0) is 36.4 Å². The summed E-state index contributed by atoms with van der Waals surface area (Å²) in [7, 11) is 0. The maximum Gasteiger partial charge on any atom is 0.250 e. The molecular weight excluding hydrogens is 342 g/mol. The Bertz CT molecular complexity index is 836. The van der Waals surface area contributed by atoms with Gasteiger partial charge >= 0.3 is 0 Å². The van der Waals surface area contributed by atoms with Crippen LogP contribution < -0.4 is 16.0 Å². The Morgan fingerprint density at radius 1 is 1.12 bits per heavy atom. The first-order chi connectivity index (χ1) is 12.0. The first kappa shape index (κ1) is 17.0. The molecule has 0 unspecified atom stereocenters. The molecule has 2 aromatic carbocycles. The third-order valence-corrected chi connectivity index (χ3v) is 4.34. The van der Waals surface area contributed by atoms with Gasteiger partial charge in [0.15, 0.2) is 0 Å². The first-order valence-corrected chi connectivity index (χ1v) is 8.09. The van der Waals surface area contributed by atoms with E-state index in [4.69, 9.17) is 17.3 Å². The van der Waals surface area contributed by atoms with Crippen LogP contribution in [0.4, 0.5) is 11.4 Å². The van der Waals surface area contributed by atoms with Crippen LogP contribution in [0.1, 0.15) is 16.8 Å². The minimum Gasteiger partial charge on any atom is -0.366 e. The van der Waals surface area contributed by atoms with Crippen molar-refractivity contribution in [1.82, 2.24) is 0 Å². The van der Waals surface area contributed by atoms with E-state index in [9.17, 15) is 14.4 Å². The van der Waals surface area contributed by atoms with Crippen LogP contribution in [-0.2, 0) is 9.59 Å². The molecule has 3 N–H and O–H groups in total. The van der Waals surface area contributed by atoms with Gasteiger partial charge < -0.3 is 16.0 Å². The molecule has 0 saturated carbocycles. The second-order valence-corrected chi connectivity index (χ2v) is 6.22. The van der Waals surface area contributed by atoms with E-state index < -0.39 is 11.8 Å². The van der Waals surface area contributed by atoms with Gasteiger partial charge in [0.25, 0.3) is 5.91 Å². The predicted molar refractivity (Wildman–Crippen MR) is 95.5 cm³/mol. The second kappa shape index (κ2) is 6.94. The van der Waals surface area contributed by atoms with Crippen LogP contribution in [0.2, 0.25) is 5.02 Å². The Labute approximate surface area is 149 Å². The third kappa shape index (κ3) is 3.64. The molecule has 1 aliphatic rings. The van der Waals surface area contributed by atoms with Gasteiger partial charge in [0.05, 0.1) is 17.2 Å². The van der Waals surface area contributed by atoms with Crippen LogP contribution in [0.5, 0.6) is 0 Å². The van der Waals surface area contributed by atoms with Crippen molar-refractivity contribution in [2.24, 2.45) is 11.7 Å². The number of hydrogen-bond acceptors (Lipinski definition) is 3. The Hall–Kier alpha value is -2.86. The fourth-order valence-electron chi connectivity index (χ4n) is 2.80. The lowest BCUT2D eigenvalue weighted by Gasteiger charge is -2.17. The number of amides is 3. The second-order valence-electron chi connectivity index (χ2n) is 5.78. The van der Waals surface area contributed by atoms with Crippen molar-refractivity contribution in [1.29, 1.82) is 0 Å². The van der Waals surface area contributed by atoms with Crippen molar-refractivity contribution >= 4 is 40.7 Å². The van der Waals surface area contributed by atoms with Gasteiger partial charge in [-0.3, -0.25) is 14.4 Å². The van der Waals surface area contributed by atoms with Crippen molar-refractivity contribution in [3.05, 3.63) is 59.1 Å². The van der Waals surface area contributed by atoms with Crippen LogP contribution in [0.25, 0.3) is 0 Å². The van der Waals surface area contributed by atoms with E-state index in [0.29, 0.717) is 16.4 Å². The van der Waals surface area contributed by atoms with E-state index in [1.165, 1.54) is 6.07 Å². The van der Waals surface area contributed by atoms with Crippen molar-refractivity contribution < 1.29 is 14.4 Å². The Morgan fingerprint density at radius 3 is 2.48 bits per heavy atom. The summed E-state index contributed by atoms with van der Waals surface area (Å²) in [6.45, 7) is 0.269. The molecule has 0 bridgehead atoms. The minimum atomic E-state index is -0.624. The molecule has 7 heteroatoms. The quantitative estimate of drug-likeness (QED) is 0.880.